The Morgan fingerprint density at radius 3 is 2.41 bits per heavy atom. The Balaban J connectivity index is 0. The summed E-state index contributed by atoms with van der Waals surface area (Å²) in [6.45, 7) is 1.81. The first kappa shape index (κ1) is 18.1. The first-order valence-corrected chi connectivity index (χ1v) is 6.32. The third kappa shape index (κ3) is 17.3. The fourth-order valence-electron chi connectivity index (χ4n) is 0.614. The predicted molar refractivity (Wildman–Crippen MR) is 67.6 cm³/mol. The Labute approximate surface area is 105 Å². The zero-order chi connectivity index (χ0) is 13.7. The van der Waals surface area contributed by atoms with Crippen molar-refractivity contribution in [1.29, 1.82) is 0 Å². The molecular weight excluding hydrogens is 242 g/mol. The Hall–Kier alpha value is -1.27. The smallest absolute Gasteiger partial charge is 0.320 e. The first-order chi connectivity index (χ1) is 7.95. The van der Waals surface area contributed by atoms with Crippen LogP contribution in [0, 0.1) is 0 Å². The maximum absolute atomic E-state index is 10.1. The van der Waals surface area contributed by atoms with Crippen molar-refractivity contribution in [1.82, 2.24) is 0 Å². The van der Waals surface area contributed by atoms with Crippen LogP contribution in [-0.4, -0.2) is 35.1 Å². The lowest BCUT2D eigenvalue weighted by Crippen LogP contribution is -2.30. The number of carboxylic acid groups (broad SMARTS) is 2. The van der Waals surface area contributed by atoms with Crippen LogP contribution in [0.15, 0.2) is 24.3 Å². The maximum Gasteiger partial charge on any atom is 0.320 e. The highest BCUT2D eigenvalue weighted by molar-refractivity contribution is 7.98. The second-order valence-corrected chi connectivity index (χ2v) is 3.92. The van der Waals surface area contributed by atoms with Gasteiger partial charge in [-0.05, 0) is 31.4 Å². The van der Waals surface area contributed by atoms with Crippen LogP contribution in [0.5, 0.6) is 0 Å². The van der Waals surface area contributed by atoms with E-state index in [0.29, 0.717) is 6.42 Å². The summed E-state index contributed by atoms with van der Waals surface area (Å²) < 4.78 is 0. The van der Waals surface area contributed by atoms with Gasteiger partial charge in [-0.3, -0.25) is 4.79 Å². The third-order valence-electron chi connectivity index (χ3n) is 1.49. The van der Waals surface area contributed by atoms with E-state index in [1.165, 1.54) is 6.08 Å². The second kappa shape index (κ2) is 12.8. The highest BCUT2D eigenvalue weighted by Gasteiger charge is 2.08. The fourth-order valence-corrected chi connectivity index (χ4v) is 1.10. The quantitative estimate of drug-likeness (QED) is 0.515. The molecule has 0 aliphatic carbocycles. The molecule has 0 aromatic carbocycles. The van der Waals surface area contributed by atoms with Crippen LogP contribution < -0.4 is 10.8 Å². The minimum absolute atomic E-state index is 0.552. The van der Waals surface area contributed by atoms with Crippen molar-refractivity contribution in [3.63, 3.8) is 0 Å². The van der Waals surface area contributed by atoms with E-state index < -0.39 is 18.0 Å². The Morgan fingerprint density at radius 1 is 1.47 bits per heavy atom. The molecule has 0 bridgehead atoms. The summed E-state index contributed by atoms with van der Waals surface area (Å²) >= 11 is 1.60. The van der Waals surface area contributed by atoms with E-state index in [4.69, 9.17) is 10.8 Å². The van der Waals surface area contributed by atoms with Gasteiger partial charge in [0.05, 0.1) is 5.97 Å². The molecule has 0 radical (unpaired) electrons. The van der Waals surface area contributed by atoms with E-state index in [1.54, 1.807) is 30.8 Å². The van der Waals surface area contributed by atoms with Crippen molar-refractivity contribution < 1.29 is 19.8 Å². The van der Waals surface area contributed by atoms with Crippen molar-refractivity contribution in [2.75, 3.05) is 12.0 Å². The molecule has 0 aromatic heterocycles. The molecule has 0 aromatic rings. The molecule has 0 saturated carbocycles. The highest BCUT2D eigenvalue weighted by atomic mass is 32.2. The minimum atomic E-state index is -1.16. The lowest BCUT2D eigenvalue weighted by molar-refractivity contribution is -0.297. The number of hydrogen-bond donors (Lipinski definition) is 2. The van der Waals surface area contributed by atoms with Crippen molar-refractivity contribution in [3.8, 4) is 0 Å². The van der Waals surface area contributed by atoms with Gasteiger partial charge in [-0.15, -0.1) is 0 Å². The zero-order valence-corrected chi connectivity index (χ0v) is 10.8. The van der Waals surface area contributed by atoms with Gasteiger partial charge in [0.15, 0.2) is 0 Å². The van der Waals surface area contributed by atoms with E-state index >= 15 is 0 Å². The SMILES string of the molecule is C/C=C/C=C/C(=O)[O-].CSCCC(N)C(=O)O. The molecule has 0 aliphatic rings. The number of thioether (sulfide) groups is 1. The van der Waals surface area contributed by atoms with Crippen molar-refractivity contribution in [2.45, 2.75) is 19.4 Å². The molecule has 0 fully saturated rings. The van der Waals surface area contributed by atoms with Gasteiger partial charge in [0, 0.05) is 0 Å². The van der Waals surface area contributed by atoms with Crippen molar-refractivity contribution >= 4 is 23.7 Å². The Bertz CT molecular complexity index is 277. The molecule has 0 saturated heterocycles. The van der Waals surface area contributed by atoms with E-state index in [9.17, 15) is 14.7 Å². The number of carbonyl (C=O) groups excluding carboxylic acids is 1. The van der Waals surface area contributed by atoms with Gasteiger partial charge in [0.1, 0.15) is 6.04 Å². The highest BCUT2D eigenvalue weighted by Crippen LogP contribution is 1.97. The molecule has 17 heavy (non-hydrogen) atoms. The number of carbonyl (C=O) groups is 2. The molecule has 1 atom stereocenters. The molecule has 6 heteroatoms. The second-order valence-electron chi connectivity index (χ2n) is 2.93. The summed E-state index contributed by atoms with van der Waals surface area (Å²) in [5, 5.41) is 17.9. The Morgan fingerprint density at radius 2 is 2.06 bits per heavy atom. The minimum Gasteiger partial charge on any atom is -0.545 e. The summed E-state index contributed by atoms with van der Waals surface area (Å²) in [6, 6.07) is -0.683. The van der Waals surface area contributed by atoms with E-state index in [0.717, 1.165) is 11.8 Å². The lowest BCUT2D eigenvalue weighted by Gasteiger charge is -2.02. The normalized spacial score (nSPS) is 12.2. The topological polar surface area (TPSA) is 103 Å². The van der Waals surface area contributed by atoms with Crippen LogP contribution in [-0.2, 0) is 9.59 Å². The monoisotopic (exact) mass is 260 g/mol. The van der Waals surface area contributed by atoms with Crippen molar-refractivity contribution in [2.24, 2.45) is 5.73 Å². The van der Waals surface area contributed by atoms with Crippen LogP contribution in [0.25, 0.3) is 0 Å². The summed E-state index contributed by atoms with van der Waals surface area (Å²) in [4.78, 5) is 19.7. The molecule has 5 nitrogen and oxygen atoms in total. The van der Waals surface area contributed by atoms with Gasteiger partial charge in [-0.2, -0.15) is 11.8 Å². The standard InChI is InChI=1S/C6H8O2.C5H11NO2S/c1-2-3-4-5-6(7)8;1-9-3-2-4(6)5(7)8/h2-5H,1H3,(H,7,8);4H,2-3,6H2,1H3,(H,7,8)/p-1/b3-2+,5-4+;. The third-order valence-corrected chi connectivity index (χ3v) is 2.13. The first-order valence-electron chi connectivity index (χ1n) is 4.93. The fraction of sp³-hybridized carbons (Fsp3) is 0.455. The molecular formula is C11H18NO4S-. The van der Waals surface area contributed by atoms with Gasteiger partial charge < -0.3 is 20.7 Å². The van der Waals surface area contributed by atoms with Crippen LogP contribution in [0.4, 0.5) is 0 Å². The lowest BCUT2D eigenvalue weighted by atomic mass is 10.2. The zero-order valence-electron chi connectivity index (χ0n) is 9.96. The van der Waals surface area contributed by atoms with Gasteiger partial charge in [-0.1, -0.05) is 18.2 Å². The van der Waals surface area contributed by atoms with Gasteiger partial charge in [0.25, 0.3) is 0 Å². The van der Waals surface area contributed by atoms with Gasteiger partial charge in [0.2, 0.25) is 0 Å². The average Bonchev–Trinajstić information content (AvgIpc) is 2.26. The molecule has 1 unspecified atom stereocenters. The summed E-state index contributed by atoms with van der Waals surface area (Å²) in [7, 11) is 0. The predicted octanol–water partition coefficient (Wildman–Crippen LogP) is 0.0200. The number of carboxylic acids is 2. The van der Waals surface area contributed by atoms with Crippen LogP contribution in [0.3, 0.4) is 0 Å². The molecule has 3 N–H and O–H groups in total. The summed E-state index contributed by atoms with van der Waals surface area (Å²) in [6.07, 6.45) is 8.22. The number of allylic oxidation sites excluding steroid dienone is 3. The van der Waals surface area contributed by atoms with Gasteiger partial charge >= 0.3 is 5.97 Å². The molecule has 98 valence electrons. The molecule has 0 aliphatic heterocycles. The molecule has 0 spiro atoms. The van der Waals surface area contributed by atoms with Crippen LogP contribution in [0.1, 0.15) is 13.3 Å². The van der Waals surface area contributed by atoms with Crippen LogP contribution in [0.2, 0.25) is 0 Å². The van der Waals surface area contributed by atoms with E-state index in [1.807, 2.05) is 6.26 Å². The molecule has 0 heterocycles. The van der Waals surface area contributed by atoms with E-state index in [-0.39, 0.29) is 0 Å². The number of aliphatic carboxylic acids is 2. The molecule has 0 amide bonds. The van der Waals surface area contributed by atoms with Crippen molar-refractivity contribution in [3.05, 3.63) is 24.3 Å². The van der Waals surface area contributed by atoms with Gasteiger partial charge in [-0.25, -0.2) is 0 Å². The Kier molecular flexibility index (Phi) is 13.6. The molecule has 0 rings (SSSR count). The number of hydrogen-bond acceptors (Lipinski definition) is 5. The number of rotatable bonds is 6. The number of nitrogens with two attached hydrogens (primary N) is 1. The van der Waals surface area contributed by atoms with E-state index in [2.05, 4.69) is 0 Å². The maximum atomic E-state index is 10.1. The summed E-state index contributed by atoms with van der Waals surface area (Å²) in [5.41, 5.74) is 5.19. The largest absolute Gasteiger partial charge is 0.545 e. The van der Waals surface area contributed by atoms with Crippen LogP contribution >= 0.6 is 11.8 Å². The average molecular weight is 260 g/mol. The summed E-state index contributed by atoms with van der Waals surface area (Å²) in [5.74, 6) is -1.26.